The van der Waals surface area contributed by atoms with Crippen molar-refractivity contribution in [1.82, 2.24) is 39.5 Å². The van der Waals surface area contributed by atoms with E-state index in [0.29, 0.717) is 87.5 Å². The number of fused-ring (bicyclic) bond motifs is 2. The SMILES string of the molecule is NCCOc1cc(NC(=O)c2cc(OCc3cn(CCOCCOCCOCCn4ccnc4)nn3)cc(C(=O)Nc3cc(OCCN)c4ccccc4n3)n2)nc2ccccc12. The van der Waals surface area contributed by atoms with E-state index in [4.69, 9.17) is 39.9 Å². The van der Waals surface area contributed by atoms with Crippen molar-refractivity contribution in [3.8, 4) is 17.2 Å². The summed E-state index contributed by atoms with van der Waals surface area (Å²) in [6.07, 6.45) is 7.08. The van der Waals surface area contributed by atoms with E-state index in [-0.39, 0.29) is 48.6 Å². The molecule has 63 heavy (non-hydrogen) atoms. The molecule has 0 aliphatic carbocycles. The second-order valence-electron chi connectivity index (χ2n) is 13.7. The minimum atomic E-state index is -0.658. The molecule has 7 rings (SSSR count). The number of rotatable bonds is 25. The standard InChI is InChI=1S/C43H48N12O8/c44-9-15-61-38-25-40(48-34-7-3-1-5-32(34)38)50-42(56)36-23-31(24-37(47-36)43(57)51-41-26-39(62-16-10-45)33-6-2-4-8-35(33)49-41)63-28-30-27-55(53-52-30)14-18-59-20-22-60-21-19-58-17-13-54-12-11-46-29-54/h1-8,11-12,23-27,29H,9-10,13-22,28,44-45H2,(H,48,50,56)(H,49,51,57). The lowest BCUT2D eigenvalue weighted by molar-refractivity contribution is 0.0114. The molecular formula is C43H48N12O8. The largest absolute Gasteiger partial charge is 0.491 e. The number of nitrogens with one attached hydrogen (secondary N) is 2. The Balaban J connectivity index is 0.995. The summed E-state index contributed by atoms with van der Waals surface area (Å²) < 4.78 is 38.2. The maximum atomic E-state index is 13.8. The monoisotopic (exact) mass is 860 g/mol. The van der Waals surface area contributed by atoms with Crippen LogP contribution in [0.2, 0.25) is 0 Å². The fraction of sp³-hybridized carbons (Fsp3) is 0.302. The van der Waals surface area contributed by atoms with Crippen LogP contribution in [0.15, 0.2) is 97.7 Å². The molecule has 328 valence electrons. The number of imidazole rings is 1. The predicted molar refractivity (Wildman–Crippen MR) is 232 cm³/mol. The normalized spacial score (nSPS) is 11.2. The zero-order valence-corrected chi connectivity index (χ0v) is 34.4. The lowest BCUT2D eigenvalue weighted by Crippen LogP contribution is -2.20. The quantitative estimate of drug-likeness (QED) is 0.0601. The van der Waals surface area contributed by atoms with Gasteiger partial charge in [-0.2, -0.15) is 0 Å². The van der Waals surface area contributed by atoms with Gasteiger partial charge in [-0.1, -0.05) is 29.5 Å². The molecule has 0 unspecified atom stereocenters. The van der Waals surface area contributed by atoms with Crippen LogP contribution in [0.4, 0.5) is 11.6 Å². The highest BCUT2D eigenvalue weighted by atomic mass is 16.5. The second-order valence-corrected chi connectivity index (χ2v) is 13.7. The van der Waals surface area contributed by atoms with E-state index in [0.717, 1.165) is 17.3 Å². The van der Waals surface area contributed by atoms with Gasteiger partial charge < -0.3 is 55.1 Å². The van der Waals surface area contributed by atoms with Gasteiger partial charge >= 0.3 is 0 Å². The van der Waals surface area contributed by atoms with Gasteiger partial charge in [-0.3, -0.25) is 9.59 Å². The molecule has 6 N–H and O–H groups in total. The molecule has 0 aliphatic rings. The fourth-order valence-electron chi connectivity index (χ4n) is 6.13. The van der Waals surface area contributed by atoms with Gasteiger partial charge in [-0.25, -0.2) is 24.6 Å². The van der Waals surface area contributed by atoms with Gasteiger partial charge in [0.15, 0.2) is 0 Å². The lowest BCUT2D eigenvalue weighted by atomic mass is 10.2. The number of hydrogen-bond acceptors (Lipinski definition) is 16. The molecule has 0 aliphatic heterocycles. The Kier molecular flexibility index (Phi) is 15.8. The third-order valence-electron chi connectivity index (χ3n) is 9.09. The van der Waals surface area contributed by atoms with Crippen LogP contribution in [0.5, 0.6) is 17.2 Å². The molecule has 0 atom stereocenters. The minimum absolute atomic E-state index is 0.0344. The molecule has 0 radical (unpaired) electrons. The van der Waals surface area contributed by atoms with Crippen LogP contribution in [0.25, 0.3) is 21.8 Å². The average Bonchev–Trinajstić information content (AvgIpc) is 4.01. The molecule has 5 heterocycles. The molecule has 0 saturated heterocycles. The Morgan fingerprint density at radius 3 is 1.75 bits per heavy atom. The number of para-hydroxylation sites is 2. The maximum absolute atomic E-state index is 13.8. The lowest BCUT2D eigenvalue weighted by Gasteiger charge is -2.13. The van der Waals surface area contributed by atoms with Crippen LogP contribution in [0, 0.1) is 0 Å². The van der Waals surface area contributed by atoms with Crippen molar-refractivity contribution < 1.29 is 38.0 Å². The maximum Gasteiger partial charge on any atom is 0.275 e. The molecule has 0 spiro atoms. The van der Waals surface area contributed by atoms with Crippen LogP contribution in [0.3, 0.4) is 0 Å². The molecule has 2 amide bonds. The Hall–Kier alpha value is -7.10. The fourth-order valence-corrected chi connectivity index (χ4v) is 6.13. The Morgan fingerprint density at radius 1 is 0.635 bits per heavy atom. The van der Waals surface area contributed by atoms with Gasteiger partial charge in [-0.15, -0.1) is 5.10 Å². The number of carbonyl (C=O) groups excluding carboxylic acids is 2. The third kappa shape index (κ3) is 12.7. The van der Waals surface area contributed by atoms with E-state index >= 15 is 0 Å². The number of carbonyl (C=O) groups is 2. The number of ether oxygens (including phenoxy) is 6. The zero-order chi connectivity index (χ0) is 43.6. The molecule has 20 nitrogen and oxygen atoms in total. The number of hydrogen-bond donors (Lipinski definition) is 4. The van der Waals surface area contributed by atoms with E-state index in [2.05, 4.69) is 40.9 Å². The van der Waals surface area contributed by atoms with Crippen molar-refractivity contribution in [2.45, 2.75) is 19.7 Å². The third-order valence-corrected chi connectivity index (χ3v) is 9.09. The molecule has 0 bridgehead atoms. The van der Waals surface area contributed by atoms with E-state index in [9.17, 15) is 9.59 Å². The Morgan fingerprint density at radius 2 is 1.19 bits per heavy atom. The van der Waals surface area contributed by atoms with Crippen LogP contribution >= 0.6 is 0 Å². The number of aromatic nitrogens is 8. The Bertz CT molecular complexity index is 2450. The number of nitrogens with two attached hydrogens (primary N) is 2. The number of benzene rings is 2. The highest BCUT2D eigenvalue weighted by molar-refractivity contribution is 6.07. The van der Waals surface area contributed by atoms with E-state index in [1.807, 2.05) is 47.2 Å². The molecule has 5 aromatic heterocycles. The highest BCUT2D eigenvalue weighted by Crippen LogP contribution is 2.29. The molecule has 0 fully saturated rings. The van der Waals surface area contributed by atoms with Crippen molar-refractivity contribution in [2.75, 3.05) is 76.6 Å². The Labute approximate surface area is 361 Å². The van der Waals surface area contributed by atoms with Crippen molar-refractivity contribution in [2.24, 2.45) is 11.5 Å². The predicted octanol–water partition coefficient (Wildman–Crippen LogP) is 3.47. The average molecular weight is 861 g/mol. The van der Waals surface area contributed by atoms with Crippen molar-refractivity contribution in [1.29, 1.82) is 0 Å². The van der Waals surface area contributed by atoms with E-state index < -0.39 is 11.8 Å². The van der Waals surface area contributed by atoms with Crippen LogP contribution < -0.4 is 36.3 Å². The topological polar surface area (TPSA) is 253 Å². The van der Waals surface area contributed by atoms with Gasteiger partial charge in [0, 0.05) is 67.1 Å². The van der Waals surface area contributed by atoms with Crippen LogP contribution in [-0.4, -0.2) is 117 Å². The van der Waals surface area contributed by atoms with Gasteiger partial charge in [-0.05, 0) is 24.3 Å². The highest BCUT2D eigenvalue weighted by Gasteiger charge is 2.19. The summed E-state index contributed by atoms with van der Waals surface area (Å²) in [5.74, 6) is 0.237. The van der Waals surface area contributed by atoms with Gasteiger partial charge in [0.1, 0.15) is 65.8 Å². The van der Waals surface area contributed by atoms with Gasteiger partial charge in [0.05, 0.1) is 69.7 Å². The summed E-state index contributed by atoms with van der Waals surface area (Å²) in [5.41, 5.74) is 12.8. The van der Waals surface area contributed by atoms with Crippen LogP contribution in [0.1, 0.15) is 26.7 Å². The number of nitrogens with zero attached hydrogens (tertiary/aromatic N) is 8. The summed E-state index contributed by atoms with van der Waals surface area (Å²) in [6, 6.07) is 20.7. The van der Waals surface area contributed by atoms with Crippen LogP contribution in [-0.2, 0) is 33.9 Å². The van der Waals surface area contributed by atoms with Gasteiger partial charge in [0.2, 0.25) is 0 Å². The first-order valence-corrected chi connectivity index (χ1v) is 20.3. The summed E-state index contributed by atoms with van der Waals surface area (Å²) in [4.78, 5) is 45.3. The summed E-state index contributed by atoms with van der Waals surface area (Å²) in [6.45, 7) is 5.02. The molecule has 0 saturated carbocycles. The minimum Gasteiger partial charge on any atom is -0.491 e. The summed E-state index contributed by atoms with van der Waals surface area (Å²) >= 11 is 0. The van der Waals surface area contributed by atoms with E-state index in [1.54, 1.807) is 47.7 Å². The van der Waals surface area contributed by atoms with Crippen molar-refractivity contribution in [3.63, 3.8) is 0 Å². The van der Waals surface area contributed by atoms with Crippen molar-refractivity contribution in [3.05, 3.63) is 115 Å². The van der Waals surface area contributed by atoms with Crippen molar-refractivity contribution >= 4 is 45.3 Å². The molecule has 20 heteroatoms. The van der Waals surface area contributed by atoms with Gasteiger partial charge in [0.25, 0.3) is 11.8 Å². The first-order chi connectivity index (χ1) is 30.9. The summed E-state index contributed by atoms with van der Waals surface area (Å²) in [5, 5.41) is 15.4. The number of anilines is 2. The molecular weight excluding hydrogens is 813 g/mol. The van der Waals surface area contributed by atoms with E-state index in [1.165, 1.54) is 12.1 Å². The number of amides is 2. The molecule has 2 aromatic carbocycles. The first kappa shape index (κ1) is 44.0. The molecule has 7 aromatic rings. The zero-order valence-electron chi connectivity index (χ0n) is 34.4. The smallest absolute Gasteiger partial charge is 0.275 e. The second kappa shape index (κ2) is 22.7. The number of pyridine rings is 3. The first-order valence-electron chi connectivity index (χ1n) is 20.3. The summed E-state index contributed by atoms with van der Waals surface area (Å²) in [7, 11) is 0.